The van der Waals surface area contributed by atoms with Crippen molar-refractivity contribution in [2.75, 3.05) is 23.9 Å². The van der Waals surface area contributed by atoms with Gasteiger partial charge in [0.1, 0.15) is 0 Å². The molecule has 2 rings (SSSR count). The van der Waals surface area contributed by atoms with Crippen molar-refractivity contribution >= 4 is 58.2 Å². The molecule has 0 saturated heterocycles. The van der Waals surface area contributed by atoms with E-state index >= 15 is 0 Å². The Morgan fingerprint density at radius 3 is 2.12 bits per heavy atom. The average Bonchev–Trinajstić information content (AvgIpc) is 2.73. The molecule has 0 fully saturated rings. The third-order valence-corrected chi connectivity index (χ3v) is 6.39. The van der Waals surface area contributed by atoms with Crippen LogP contribution in [0.2, 0.25) is 15.1 Å². The SMILES string of the molecule is CSCC(=O)NCc1ccc(NC[C@@](O)(c2cc(Cl)c(Cl)c(Cl)c2)C(F)(F)F)cc1C(F)(F)F. The van der Waals surface area contributed by atoms with Gasteiger partial charge in [0.25, 0.3) is 0 Å². The quantitative estimate of drug-likeness (QED) is 0.251. The van der Waals surface area contributed by atoms with Crippen LogP contribution in [0.1, 0.15) is 16.7 Å². The topological polar surface area (TPSA) is 61.4 Å². The van der Waals surface area contributed by atoms with E-state index in [2.05, 4.69) is 10.6 Å². The van der Waals surface area contributed by atoms with Gasteiger partial charge in [0, 0.05) is 12.2 Å². The van der Waals surface area contributed by atoms with E-state index in [1.54, 1.807) is 6.26 Å². The number of hydrogen-bond acceptors (Lipinski definition) is 4. The Hall–Kier alpha value is -1.53. The van der Waals surface area contributed by atoms with Gasteiger partial charge in [-0.25, -0.2) is 0 Å². The molecule has 2 aromatic carbocycles. The summed E-state index contributed by atoms with van der Waals surface area (Å²) in [5.41, 5.74) is -6.10. The summed E-state index contributed by atoms with van der Waals surface area (Å²) in [5.74, 6) is -0.422. The van der Waals surface area contributed by atoms with Crippen molar-refractivity contribution in [2.45, 2.75) is 24.5 Å². The minimum atomic E-state index is -5.26. The Bertz CT molecular complexity index is 1030. The van der Waals surface area contributed by atoms with Gasteiger partial charge in [-0.3, -0.25) is 4.79 Å². The zero-order valence-electron chi connectivity index (χ0n) is 17.2. The van der Waals surface area contributed by atoms with Crippen LogP contribution in [0.25, 0.3) is 0 Å². The van der Waals surface area contributed by atoms with Gasteiger partial charge in [-0.05, 0) is 41.6 Å². The molecule has 0 heterocycles. The van der Waals surface area contributed by atoms with Crippen LogP contribution in [0.5, 0.6) is 0 Å². The molecular weight excluding hydrogens is 553 g/mol. The first-order chi connectivity index (χ1) is 15.6. The van der Waals surface area contributed by atoms with Crippen LogP contribution < -0.4 is 10.6 Å². The smallest absolute Gasteiger partial charge is 0.381 e. The van der Waals surface area contributed by atoms with Gasteiger partial charge in [-0.2, -0.15) is 38.1 Å². The van der Waals surface area contributed by atoms with Crippen molar-refractivity contribution in [2.24, 2.45) is 0 Å². The van der Waals surface area contributed by atoms with Crippen molar-refractivity contribution < 1.29 is 36.2 Å². The number of thioether (sulfide) groups is 1. The second-order valence-corrected chi connectivity index (χ2v) is 9.10. The summed E-state index contributed by atoms with van der Waals surface area (Å²) in [6, 6.07) is 4.25. The number of amides is 1. The van der Waals surface area contributed by atoms with Gasteiger partial charge in [-0.15, -0.1) is 0 Å². The predicted octanol–water partition coefficient (Wildman–Crippen LogP) is 6.51. The van der Waals surface area contributed by atoms with Crippen molar-refractivity contribution in [3.05, 3.63) is 62.1 Å². The zero-order valence-corrected chi connectivity index (χ0v) is 20.3. The summed E-state index contributed by atoms with van der Waals surface area (Å²) in [4.78, 5) is 11.6. The number of aliphatic hydroxyl groups is 1. The maximum Gasteiger partial charge on any atom is 0.423 e. The molecule has 14 heteroatoms. The fourth-order valence-corrected chi connectivity index (χ4v) is 3.83. The molecule has 0 aromatic heterocycles. The fourth-order valence-electron chi connectivity index (χ4n) is 2.87. The zero-order chi connectivity index (χ0) is 25.9. The Morgan fingerprint density at radius 2 is 1.62 bits per heavy atom. The van der Waals surface area contributed by atoms with E-state index in [0.717, 1.165) is 24.3 Å². The number of nitrogens with one attached hydrogen (secondary N) is 2. The molecule has 0 aliphatic heterocycles. The summed E-state index contributed by atoms with van der Waals surface area (Å²) >= 11 is 18.5. The summed E-state index contributed by atoms with van der Waals surface area (Å²) in [6.45, 7) is -1.69. The lowest BCUT2D eigenvalue weighted by Gasteiger charge is -2.32. The molecule has 0 unspecified atom stereocenters. The standard InChI is InChI=1S/C20H17Cl3F6N2O2S/c1-34-8-16(32)30-7-10-2-3-12(6-13(10)19(24,25)26)31-9-18(33,20(27,28)29)11-4-14(21)17(23)15(22)5-11/h2-6,31,33H,7-9H2,1H3,(H,30,32)/t18-/m1/s1. The molecule has 0 aliphatic rings. The molecule has 188 valence electrons. The average molecular weight is 570 g/mol. The number of rotatable bonds is 8. The van der Waals surface area contributed by atoms with Crippen LogP contribution in [0.3, 0.4) is 0 Å². The third kappa shape index (κ3) is 6.78. The second-order valence-electron chi connectivity index (χ2n) is 7.04. The van der Waals surface area contributed by atoms with E-state index in [-0.39, 0.29) is 32.1 Å². The van der Waals surface area contributed by atoms with Crippen LogP contribution in [0.15, 0.2) is 30.3 Å². The first-order valence-corrected chi connectivity index (χ1v) is 11.8. The lowest BCUT2D eigenvalue weighted by molar-refractivity contribution is -0.260. The van der Waals surface area contributed by atoms with Crippen LogP contribution in [0, 0.1) is 0 Å². The molecule has 0 aliphatic carbocycles. The minimum Gasteiger partial charge on any atom is -0.381 e. The van der Waals surface area contributed by atoms with Crippen LogP contribution in [0.4, 0.5) is 32.0 Å². The van der Waals surface area contributed by atoms with E-state index in [0.29, 0.717) is 6.07 Å². The van der Waals surface area contributed by atoms with E-state index in [4.69, 9.17) is 34.8 Å². The van der Waals surface area contributed by atoms with E-state index in [1.807, 2.05) is 0 Å². The molecule has 0 saturated carbocycles. The van der Waals surface area contributed by atoms with Gasteiger partial charge in [0.2, 0.25) is 11.5 Å². The van der Waals surface area contributed by atoms with Crippen molar-refractivity contribution in [1.82, 2.24) is 5.32 Å². The molecule has 1 atom stereocenters. The number of benzene rings is 2. The molecule has 0 bridgehead atoms. The van der Waals surface area contributed by atoms with Crippen molar-refractivity contribution in [1.29, 1.82) is 0 Å². The monoisotopic (exact) mass is 568 g/mol. The molecular formula is C20H17Cl3F6N2O2S. The number of halogens is 9. The Balaban J connectivity index is 2.36. The highest BCUT2D eigenvalue weighted by Gasteiger charge is 2.55. The first-order valence-electron chi connectivity index (χ1n) is 9.24. The normalized spacial score (nSPS) is 14.0. The summed E-state index contributed by atoms with van der Waals surface area (Å²) in [6.07, 6.45) is -8.46. The number of anilines is 1. The van der Waals surface area contributed by atoms with E-state index < -0.39 is 48.1 Å². The van der Waals surface area contributed by atoms with Gasteiger partial charge in [0.15, 0.2) is 0 Å². The largest absolute Gasteiger partial charge is 0.423 e. The first kappa shape index (κ1) is 28.7. The van der Waals surface area contributed by atoms with E-state index in [9.17, 15) is 36.2 Å². The van der Waals surface area contributed by atoms with Crippen LogP contribution in [-0.2, 0) is 23.1 Å². The molecule has 2 aromatic rings. The maximum atomic E-state index is 13.8. The highest BCUT2D eigenvalue weighted by Crippen LogP contribution is 2.43. The molecule has 0 radical (unpaired) electrons. The fraction of sp³-hybridized carbons (Fsp3) is 0.350. The van der Waals surface area contributed by atoms with Gasteiger partial charge in [0.05, 0.1) is 32.9 Å². The number of carbonyl (C=O) groups excluding carboxylic acids is 1. The highest BCUT2D eigenvalue weighted by atomic mass is 35.5. The Morgan fingerprint density at radius 1 is 1.03 bits per heavy atom. The Kier molecular flexibility index (Phi) is 9.31. The van der Waals surface area contributed by atoms with Crippen LogP contribution in [-0.4, -0.2) is 35.7 Å². The highest BCUT2D eigenvalue weighted by molar-refractivity contribution is 7.99. The molecule has 4 nitrogen and oxygen atoms in total. The van der Waals surface area contributed by atoms with Crippen molar-refractivity contribution in [3.8, 4) is 0 Å². The van der Waals surface area contributed by atoms with E-state index in [1.165, 1.54) is 11.8 Å². The maximum absolute atomic E-state index is 13.8. The number of alkyl halides is 6. The third-order valence-electron chi connectivity index (χ3n) is 4.65. The number of hydrogen-bond donors (Lipinski definition) is 3. The molecule has 1 amide bonds. The minimum absolute atomic E-state index is 0.0513. The molecule has 0 spiro atoms. The summed E-state index contributed by atoms with van der Waals surface area (Å²) in [7, 11) is 0. The van der Waals surface area contributed by atoms with Crippen molar-refractivity contribution in [3.63, 3.8) is 0 Å². The van der Waals surface area contributed by atoms with Gasteiger partial charge < -0.3 is 15.7 Å². The lowest BCUT2D eigenvalue weighted by Crippen LogP contribution is -2.47. The van der Waals surface area contributed by atoms with Crippen LogP contribution >= 0.6 is 46.6 Å². The summed E-state index contributed by atoms with van der Waals surface area (Å²) < 4.78 is 82.0. The Labute approximate surface area is 209 Å². The predicted molar refractivity (Wildman–Crippen MR) is 122 cm³/mol. The molecule has 3 N–H and O–H groups in total. The lowest BCUT2D eigenvalue weighted by atomic mass is 9.92. The summed E-state index contributed by atoms with van der Waals surface area (Å²) in [5, 5.41) is 14.1. The second kappa shape index (κ2) is 11.0. The van der Waals surface area contributed by atoms with Gasteiger partial charge >= 0.3 is 12.4 Å². The van der Waals surface area contributed by atoms with Gasteiger partial charge in [-0.1, -0.05) is 40.9 Å². The number of carbonyl (C=O) groups is 1. The molecule has 34 heavy (non-hydrogen) atoms.